The van der Waals surface area contributed by atoms with Crippen molar-refractivity contribution in [2.24, 2.45) is 0 Å². The molecule has 1 aliphatic rings. The average molecular weight is 346 g/mol. The Morgan fingerprint density at radius 3 is 2.65 bits per heavy atom. The molecule has 0 aliphatic carbocycles. The molecular weight excluding hydrogens is 329 g/mol. The fraction of sp³-hybridized carbons (Fsp3) is 0.500. The number of ether oxygens (including phenoxy) is 1. The first-order chi connectivity index (χ1) is 10.7. The summed E-state index contributed by atoms with van der Waals surface area (Å²) in [5.41, 5.74) is 0.379. The Morgan fingerprint density at radius 1 is 1.43 bits per heavy atom. The summed E-state index contributed by atoms with van der Waals surface area (Å²) in [6.45, 7) is 2.60. The molecule has 2 atom stereocenters. The number of halogens is 2. The van der Waals surface area contributed by atoms with E-state index in [4.69, 9.17) is 26.6 Å². The van der Waals surface area contributed by atoms with Crippen LogP contribution in [0, 0.1) is 5.82 Å². The van der Waals surface area contributed by atoms with Crippen molar-refractivity contribution in [3.8, 4) is 0 Å². The molecule has 23 heavy (non-hydrogen) atoms. The van der Waals surface area contributed by atoms with Gasteiger partial charge in [-0.3, -0.25) is 0 Å². The third-order valence-electron chi connectivity index (χ3n) is 3.01. The summed E-state index contributed by atoms with van der Waals surface area (Å²) in [7, 11) is 0. The van der Waals surface area contributed by atoms with E-state index >= 15 is 0 Å². The first-order valence-corrected chi connectivity index (χ1v) is 7.30. The third kappa shape index (κ3) is 4.44. The van der Waals surface area contributed by atoms with E-state index in [1.165, 1.54) is 26.4 Å². The highest BCUT2D eigenvalue weighted by atomic mass is 35.5. The number of nitrogens with zero attached hydrogens (tertiary/aromatic N) is 3. The number of rotatable bonds is 2. The van der Waals surface area contributed by atoms with Gasteiger partial charge in [-0.2, -0.15) is 0 Å². The maximum atomic E-state index is 13.8. The maximum Gasteiger partial charge on any atom is 0.156 e. The Morgan fingerprint density at radius 2 is 2.09 bits per heavy atom. The molecular formula is C14H17ClFN3O4. The smallest absolute Gasteiger partial charge is 0.156 e. The van der Waals surface area contributed by atoms with E-state index in [0.717, 1.165) is 6.29 Å². The molecule has 1 unspecified atom stereocenters. The molecule has 1 saturated heterocycles. The molecule has 3 heterocycles. The topological polar surface area (TPSA) is 97.5 Å². The first kappa shape index (κ1) is 17.7. The van der Waals surface area contributed by atoms with Crippen molar-refractivity contribution in [1.29, 1.82) is 0 Å². The van der Waals surface area contributed by atoms with E-state index in [-0.39, 0.29) is 10.5 Å². The minimum Gasteiger partial charge on any atom is -0.366 e. The quantitative estimate of drug-likeness (QED) is 0.489. The van der Waals surface area contributed by atoms with E-state index in [0.29, 0.717) is 18.5 Å². The zero-order valence-corrected chi connectivity index (χ0v) is 13.4. The minimum atomic E-state index is -1.50. The number of aliphatic hydroxyl groups is 2. The highest BCUT2D eigenvalue weighted by molar-refractivity contribution is 6.33. The van der Waals surface area contributed by atoms with E-state index in [9.17, 15) is 9.18 Å². The lowest BCUT2D eigenvalue weighted by Gasteiger charge is -2.13. The monoisotopic (exact) mass is 345 g/mol. The van der Waals surface area contributed by atoms with E-state index in [2.05, 4.69) is 9.97 Å². The Kier molecular flexibility index (Phi) is 5.30. The number of hydrogen-bond donors (Lipinski definition) is 2. The summed E-state index contributed by atoms with van der Waals surface area (Å²) < 4.78 is 20.8. The maximum absolute atomic E-state index is 13.8. The van der Waals surface area contributed by atoms with Crippen LogP contribution in [-0.2, 0) is 9.53 Å². The molecule has 0 amide bonds. The molecule has 2 aromatic rings. The Balaban J connectivity index is 0.000000338. The lowest BCUT2D eigenvalue weighted by Crippen LogP contribution is -2.15. The first-order valence-electron chi connectivity index (χ1n) is 6.92. The summed E-state index contributed by atoms with van der Waals surface area (Å²) in [6.07, 6.45) is 3.73. The third-order valence-corrected chi connectivity index (χ3v) is 3.30. The van der Waals surface area contributed by atoms with Gasteiger partial charge >= 0.3 is 0 Å². The van der Waals surface area contributed by atoms with Crippen molar-refractivity contribution >= 4 is 28.9 Å². The van der Waals surface area contributed by atoms with Crippen molar-refractivity contribution in [2.75, 3.05) is 0 Å². The van der Waals surface area contributed by atoms with Crippen LogP contribution in [-0.4, -0.2) is 42.9 Å². The van der Waals surface area contributed by atoms with Crippen LogP contribution < -0.4 is 0 Å². The zero-order chi connectivity index (χ0) is 17.2. The molecule has 1 aliphatic heterocycles. The number of hydrogen-bond acceptors (Lipinski definition) is 6. The molecule has 9 heteroatoms. The van der Waals surface area contributed by atoms with Gasteiger partial charge in [0.25, 0.3) is 0 Å². The van der Waals surface area contributed by atoms with Gasteiger partial charge in [0.15, 0.2) is 11.6 Å². The van der Waals surface area contributed by atoms with Crippen molar-refractivity contribution in [3.63, 3.8) is 0 Å². The Labute approximate surface area is 136 Å². The second-order valence-electron chi connectivity index (χ2n) is 5.58. The fourth-order valence-corrected chi connectivity index (χ4v) is 2.39. The number of aldehydes is 1. The van der Waals surface area contributed by atoms with Crippen molar-refractivity contribution in [1.82, 2.24) is 14.5 Å². The largest absolute Gasteiger partial charge is 0.366 e. The van der Waals surface area contributed by atoms with E-state index in [1.54, 1.807) is 4.57 Å². The molecule has 126 valence electrons. The molecule has 0 spiro atoms. The van der Waals surface area contributed by atoms with Crippen LogP contribution in [0.25, 0.3) is 11.0 Å². The molecule has 7 nitrogen and oxygen atoms in total. The van der Waals surface area contributed by atoms with Gasteiger partial charge in [0.1, 0.15) is 35.7 Å². The van der Waals surface area contributed by atoms with Crippen LogP contribution in [0.4, 0.5) is 4.39 Å². The van der Waals surface area contributed by atoms with Crippen LogP contribution in [0.1, 0.15) is 32.9 Å². The van der Waals surface area contributed by atoms with Crippen LogP contribution in [0.3, 0.4) is 0 Å². The standard InChI is InChI=1S/C11H9ClFN3O2.C3H8O2/c12-10-9-7(13)3-16(11(9)15-5-14-10)8-2-1-6(4-17)18-8;1-3(2,4)5/h3-6,8H,1-2H2;4-5H,1-2H3/t6-,8?;/m0./s1. The van der Waals surface area contributed by atoms with E-state index in [1.807, 2.05) is 0 Å². The van der Waals surface area contributed by atoms with Gasteiger partial charge in [-0.25, -0.2) is 14.4 Å². The zero-order valence-electron chi connectivity index (χ0n) is 12.6. The van der Waals surface area contributed by atoms with Crippen LogP contribution >= 0.6 is 11.6 Å². The highest BCUT2D eigenvalue weighted by Crippen LogP contribution is 2.33. The second-order valence-corrected chi connectivity index (χ2v) is 5.94. The minimum absolute atomic E-state index is 0.0705. The number of carbonyl (C=O) groups excluding carboxylic acids is 1. The molecule has 0 radical (unpaired) electrons. The summed E-state index contributed by atoms with van der Waals surface area (Å²) >= 11 is 5.84. The van der Waals surface area contributed by atoms with Crippen LogP contribution in [0.5, 0.6) is 0 Å². The highest BCUT2D eigenvalue weighted by Gasteiger charge is 2.28. The number of aromatic nitrogens is 3. The van der Waals surface area contributed by atoms with Gasteiger partial charge in [0, 0.05) is 6.20 Å². The molecule has 0 aromatic carbocycles. The van der Waals surface area contributed by atoms with Gasteiger partial charge < -0.3 is 24.3 Å². The fourth-order valence-electron chi connectivity index (χ4n) is 2.17. The number of carbonyl (C=O) groups is 1. The van der Waals surface area contributed by atoms with Crippen molar-refractivity contribution in [3.05, 3.63) is 23.5 Å². The molecule has 2 aromatic heterocycles. The average Bonchev–Trinajstić information content (AvgIpc) is 3.02. The van der Waals surface area contributed by atoms with Gasteiger partial charge in [0.05, 0.1) is 5.39 Å². The lowest BCUT2D eigenvalue weighted by atomic mass is 10.2. The predicted molar refractivity (Wildman–Crippen MR) is 80.2 cm³/mol. The SMILES string of the molecule is CC(C)(O)O.O=C[C@@H]1CCC(n2cc(F)c3c(Cl)ncnc32)O1. The van der Waals surface area contributed by atoms with Gasteiger partial charge in [0.2, 0.25) is 0 Å². The summed E-state index contributed by atoms with van der Waals surface area (Å²) in [4.78, 5) is 18.4. The Bertz CT molecular complexity index is 695. The van der Waals surface area contributed by atoms with Gasteiger partial charge in [-0.1, -0.05) is 11.6 Å². The Hall–Kier alpha value is -1.61. The lowest BCUT2D eigenvalue weighted by molar-refractivity contribution is -0.127. The van der Waals surface area contributed by atoms with Crippen molar-refractivity contribution in [2.45, 2.75) is 44.8 Å². The second kappa shape index (κ2) is 6.88. The van der Waals surface area contributed by atoms with Gasteiger partial charge in [-0.05, 0) is 26.7 Å². The summed E-state index contributed by atoms with van der Waals surface area (Å²) in [5, 5.41) is 16.4. The van der Waals surface area contributed by atoms with Gasteiger partial charge in [-0.15, -0.1) is 0 Å². The number of fused-ring (bicyclic) bond motifs is 1. The molecule has 0 bridgehead atoms. The van der Waals surface area contributed by atoms with Crippen molar-refractivity contribution < 1.29 is 24.1 Å². The molecule has 0 saturated carbocycles. The van der Waals surface area contributed by atoms with E-state index < -0.39 is 23.9 Å². The molecule has 2 N–H and O–H groups in total. The molecule has 1 fully saturated rings. The molecule has 3 rings (SSSR count). The van der Waals surface area contributed by atoms with Crippen LogP contribution in [0.15, 0.2) is 12.5 Å². The van der Waals surface area contributed by atoms with Crippen LogP contribution in [0.2, 0.25) is 5.15 Å². The summed E-state index contributed by atoms with van der Waals surface area (Å²) in [5.74, 6) is -1.99. The normalized spacial score (nSPS) is 21.1. The predicted octanol–water partition coefficient (Wildman–Crippen LogP) is 1.81. The summed E-state index contributed by atoms with van der Waals surface area (Å²) in [6, 6.07) is 0.